The van der Waals surface area contributed by atoms with Crippen LogP contribution in [0.4, 0.5) is 17.3 Å². The molecule has 4 rings (SSSR count). The van der Waals surface area contributed by atoms with Crippen LogP contribution in [0.1, 0.15) is 19.5 Å². The average molecular weight is 404 g/mol. The molecule has 2 aromatic heterocycles. The summed E-state index contributed by atoms with van der Waals surface area (Å²) in [5.74, 6) is 1.88. The summed E-state index contributed by atoms with van der Waals surface area (Å²) in [6.45, 7) is 7.25. The molecular weight excluding hydrogens is 380 g/mol. The molecule has 3 heterocycles. The number of aromatic nitrogens is 4. The van der Waals surface area contributed by atoms with Gasteiger partial charge in [0.25, 0.3) is 0 Å². The summed E-state index contributed by atoms with van der Waals surface area (Å²) in [4.78, 5) is 10.5. The number of ether oxygens (including phenoxy) is 1. The van der Waals surface area contributed by atoms with E-state index in [1.807, 2.05) is 18.2 Å². The summed E-state index contributed by atoms with van der Waals surface area (Å²) in [7, 11) is 1.67. The van der Waals surface area contributed by atoms with E-state index in [2.05, 4.69) is 61.7 Å². The van der Waals surface area contributed by atoms with Crippen molar-refractivity contribution in [2.45, 2.75) is 19.4 Å². The zero-order valence-electron chi connectivity index (χ0n) is 17.2. The van der Waals surface area contributed by atoms with Crippen LogP contribution in [0.3, 0.4) is 0 Å². The molecule has 1 saturated heterocycles. The Morgan fingerprint density at radius 1 is 1.20 bits per heavy atom. The minimum atomic E-state index is 0.0719. The highest BCUT2D eigenvalue weighted by Crippen LogP contribution is 2.34. The fourth-order valence-electron chi connectivity index (χ4n) is 3.57. The van der Waals surface area contributed by atoms with Gasteiger partial charge in [0, 0.05) is 48.6 Å². The Hall–Kier alpha value is -3.64. The third-order valence-electron chi connectivity index (χ3n) is 5.01. The predicted molar refractivity (Wildman–Crippen MR) is 115 cm³/mol. The van der Waals surface area contributed by atoms with E-state index in [0.717, 1.165) is 42.3 Å². The molecule has 9 nitrogen and oxygen atoms in total. The molecule has 0 aliphatic carbocycles. The molecule has 1 fully saturated rings. The molecule has 3 N–H and O–H groups in total. The molecule has 1 aliphatic heterocycles. The molecule has 0 saturated carbocycles. The standard InChI is InChI=1S/C21H24N8O/c1-21(2)13-29(7-6-25-21)15-4-5-16(18(8-15)30-3)17-9-19(28-27-17)26-20-12-23-14(10-22)11-24-20/h4-5,8-9,11-12,25H,6-7,13H2,1-3H3,(H2,24,26,27,28). The van der Waals surface area contributed by atoms with Crippen molar-refractivity contribution >= 4 is 17.3 Å². The Morgan fingerprint density at radius 3 is 2.77 bits per heavy atom. The van der Waals surface area contributed by atoms with Crippen molar-refractivity contribution in [3.8, 4) is 23.1 Å². The van der Waals surface area contributed by atoms with Crippen molar-refractivity contribution in [3.63, 3.8) is 0 Å². The van der Waals surface area contributed by atoms with E-state index in [0.29, 0.717) is 11.6 Å². The number of rotatable bonds is 5. The first-order valence-corrected chi connectivity index (χ1v) is 9.70. The van der Waals surface area contributed by atoms with Crippen LogP contribution >= 0.6 is 0 Å². The van der Waals surface area contributed by atoms with Gasteiger partial charge in [-0.2, -0.15) is 10.4 Å². The van der Waals surface area contributed by atoms with Crippen molar-refractivity contribution in [1.29, 1.82) is 5.26 Å². The summed E-state index contributed by atoms with van der Waals surface area (Å²) in [6.07, 6.45) is 2.91. The molecule has 0 amide bonds. The van der Waals surface area contributed by atoms with Gasteiger partial charge in [-0.25, -0.2) is 9.97 Å². The normalized spacial score (nSPS) is 15.5. The number of hydrogen-bond donors (Lipinski definition) is 3. The highest BCUT2D eigenvalue weighted by molar-refractivity contribution is 5.73. The monoisotopic (exact) mass is 404 g/mol. The first kappa shape index (κ1) is 19.7. The SMILES string of the molecule is COc1cc(N2CCNC(C)(C)C2)ccc1-c1cc(Nc2cnc(C#N)cn2)n[nH]1. The van der Waals surface area contributed by atoms with Crippen LogP contribution in [-0.4, -0.2) is 52.4 Å². The molecule has 0 unspecified atom stereocenters. The number of hydrogen-bond acceptors (Lipinski definition) is 8. The summed E-state index contributed by atoms with van der Waals surface area (Å²) in [5.41, 5.74) is 3.21. The first-order chi connectivity index (χ1) is 14.5. The fourth-order valence-corrected chi connectivity index (χ4v) is 3.57. The predicted octanol–water partition coefficient (Wildman–Crippen LogP) is 2.68. The van der Waals surface area contributed by atoms with Gasteiger partial charge in [0.05, 0.1) is 25.2 Å². The van der Waals surface area contributed by atoms with Gasteiger partial charge in [0.1, 0.15) is 17.6 Å². The third-order valence-corrected chi connectivity index (χ3v) is 5.01. The van der Waals surface area contributed by atoms with E-state index < -0.39 is 0 Å². The van der Waals surface area contributed by atoms with Crippen LogP contribution in [0.15, 0.2) is 36.7 Å². The molecule has 1 aromatic carbocycles. The number of benzene rings is 1. The average Bonchev–Trinajstić information content (AvgIpc) is 3.21. The van der Waals surface area contributed by atoms with Crippen LogP contribution in [0, 0.1) is 11.3 Å². The molecule has 0 radical (unpaired) electrons. The number of piperazine rings is 1. The summed E-state index contributed by atoms with van der Waals surface area (Å²) >= 11 is 0. The van der Waals surface area contributed by atoms with E-state index in [-0.39, 0.29) is 11.2 Å². The lowest BCUT2D eigenvalue weighted by molar-refractivity contribution is 0.352. The van der Waals surface area contributed by atoms with Crippen LogP contribution in [0.25, 0.3) is 11.3 Å². The van der Waals surface area contributed by atoms with Crippen molar-refractivity contribution in [3.05, 3.63) is 42.4 Å². The van der Waals surface area contributed by atoms with Crippen LogP contribution in [0.2, 0.25) is 0 Å². The lowest BCUT2D eigenvalue weighted by Crippen LogP contribution is -2.57. The zero-order chi connectivity index (χ0) is 21.1. The molecule has 9 heteroatoms. The van der Waals surface area contributed by atoms with Crippen LogP contribution in [0.5, 0.6) is 5.75 Å². The van der Waals surface area contributed by atoms with Gasteiger partial charge in [0.15, 0.2) is 11.5 Å². The summed E-state index contributed by atoms with van der Waals surface area (Å²) in [6, 6.07) is 10.0. The van der Waals surface area contributed by atoms with E-state index in [1.54, 1.807) is 7.11 Å². The van der Waals surface area contributed by atoms with E-state index >= 15 is 0 Å². The van der Waals surface area contributed by atoms with Crippen molar-refractivity contribution < 1.29 is 4.74 Å². The number of anilines is 3. The minimum Gasteiger partial charge on any atom is -0.496 e. The van der Waals surface area contributed by atoms with E-state index in [4.69, 9.17) is 10.00 Å². The Labute approximate surface area is 175 Å². The number of nitriles is 1. The van der Waals surface area contributed by atoms with E-state index in [1.165, 1.54) is 12.4 Å². The smallest absolute Gasteiger partial charge is 0.158 e. The molecule has 0 atom stereocenters. The molecule has 0 bridgehead atoms. The number of nitrogens with zero attached hydrogens (tertiary/aromatic N) is 5. The van der Waals surface area contributed by atoms with Gasteiger partial charge in [-0.3, -0.25) is 5.10 Å². The number of nitrogens with one attached hydrogen (secondary N) is 3. The second kappa shape index (κ2) is 8.00. The number of methoxy groups -OCH3 is 1. The number of H-pyrrole nitrogens is 1. The van der Waals surface area contributed by atoms with Gasteiger partial charge >= 0.3 is 0 Å². The van der Waals surface area contributed by atoms with Crippen LogP contribution < -0.4 is 20.3 Å². The fraction of sp³-hybridized carbons (Fsp3) is 0.333. The second-order valence-electron chi connectivity index (χ2n) is 7.81. The highest BCUT2D eigenvalue weighted by atomic mass is 16.5. The van der Waals surface area contributed by atoms with Crippen molar-refractivity contribution in [1.82, 2.24) is 25.5 Å². The molecule has 30 heavy (non-hydrogen) atoms. The molecule has 1 aliphatic rings. The van der Waals surface area contributed by atoms with E-state index in [9.17, 15) is 0 Å². The minimum absolute atomic E-state index is 0.0719. The molecular formula is C21H24N8O. The maximum atomic E-state index is 8.82. The zero-order valence-corrected chi connectivity index (χ0v) is 17.2. The number of aromatic amines is 1. The van der Waals surface area contributed by atoms with Gasteiger partial charge in [-0.1, -0.05) is 0 Å². The topological polar surface area (TPSA) is 115 Å². The Balaban J connectivity index is 1.54. The molecule has 0 spiro atoms. The first-order valence-electron chi connectivity index (χ1n) is 9.70. The van der Waals surface area contributed by atoms with Crippen molar-refractivity contribution in [2.75, 3.05) is 37.0 Å². The molecule has 3 aromatic rings. The largest absolute Gasteiger partial charge is 0.496 e. The Morgan fingerprint density at radius 2 is 2.07 bits per heavy atom. The second-order valence-corrected chi connectivity index (χ2v) is 7.81. The van der Waals surface area contributed by atoms with Gasteiger partial charge in [0.2, 0.25) is 0 Å². The summed E-state index contributed by atoms with van der Waals surface area (Å²) in [5, 5.41) is 22.8. The van der Waals surface area contributed by atoms with Gasteiger partial charge < -0.3 is 20.3 Å². The Kier molecular flexibility index (Phi) is 5.25. The lowest BCUT2D eigenvalue weighted by Gasteiger charge is -2.40. The van der Waals surface area contributed by atoms with Gasteiger partial charge in [-0.15, -0.1) is 0 Å². The summed E-state index contributed by atoms with van der Waals surface area (Å²) < 4.78 is 5.67. The van der Waals surface area contributed by atoms with Crippen LogP contribution in [-0.2, 0) is 0 Å². The third kappa shape index (κ3) is 4.18. The van der Waals surface area contributed by atoms with Gasteiger partial charge in [-0.05, 0) is 26.0 Å². The quantitative estimate of drug-likeness (QED) is 0.595. The lowest BCUT2D eigenvalue weighted by atomic mass is 10.0. The molecule has 154 valence electrons. The maximum Gasteiger partial charge on any atom is 0.158 e. The Bertz CT molecular complexity index is 1070. The van der Waals surface area contributed by atoms with Crippen molar-refractivity contribution in [2.24, 2.45) is 0 Å². The highest BCUT2D eigenvalue weighted by Gasteiger charge is 2.26. The maximum absolute atomic E-state index is 8.82.